The third kappa shape index (κ3) is 3.38. The van der Waals surface area contributed by atoms with Crippen LogP contribution in [-0.2, 0) is 6.42 Å². The third-order valence-electron chi connectivity index (χ3n) is 3.31. The molecule has 0 amide bonds. The van der Waals surface area contributed by atoms with Crippen LogP contribution in [0.4, 0.5) is 11.4 Å². The molecule has 2 rings (SSSR count). The van der Waals surface area contributed by atoms with Gasteiger partial charge < -0.3 is 9.73 Å². The number of rotatable bonds is 6. The summed E-state index contributed by atoms with van der Waals surface area (Å²) >= 11 is 0. The Hall–Kier alpha value is -2.30. The van der Waals surface area contributed by atoms with E-state index in [4.69, 9.17) is 4.42 Å². The fraction of sp³-hybridized carbons (Fsp3) is 0.333. The second kappa shape index (κ2) is 6.23. The molecule has 1 aromatic carbocycles. The van der Waals surface area contributed by atoms with Crippen molar-refractivity contribution in [1.82, 2.24) is 0 Å². The summed E-state index contributed by atoms with van der Waals surface area (Å²) in [6.07, 6.45) is 3.41. The molecule has 1 unspecified atom stereocenters. The second-order valence-corrected chi connectivity index (χ2v) is 4.87. The zero-order valence-corrected chi connectivity index (χ0v) is 11.6. The minimum Gasteiger partial charge on any atom is -0.469 e. The predicted molar refractivity (Wildman–Crippen MR) is 77.9 cm³/mol. The molecule has 5 heteroatoms. The van der Waals surface area contributed by atoms with Gasteiger partial charge >= 0.3 is 0 Å². The molecule has 5 nitrogen and oxygen atoms in total. The molecule has 0 radical (unpaired) electrons. The van der Waals surface area contributed by atoms with Crippen molar-refractivity contribution >= 4 is 11.4 Å². The largest absolute Gasteiger partial charge is 0.469 e. The van der Waals surface area contributed by atoms with Crippen molar-refractivity contribution in [2.45, 2.75) is 32.7 Å². The summed E-state index contributed by atoms with van der Waals surface area (Å²) in [7, 11) is 0. The van der Waals surface area contributed by atoms with Gasteiger partial charge in [0.25, 0.3) is 5.69 Å². The van der Waals surface area contributed by atoms with Gasteiger partial charge in [-0.15, -0.1) is 0 Å². The van der Waals surface area contributed by atoms with Gasteiger partial charge in [-0.3, -0.25) is 10.1 Å². The Kier molecular flexibility index (Phi) is 4.40. The fourth-order valence-electron chi connectivity index (χ4n) is 2.13. The van der Waals surface area contributed by atoms with E-state index >= 15 is 0 Å². The molecule has 2 aromatic rings. The van der Waals surface area contributed by atoms with E-state index in [1.807, 2.05) is 18.2 Å². The lowest BCUT2D eigenvalue weighted by molar-refractivity contribution is -0.385. The first-order valence-corrected chi connectivity index (χ1v) is 6.61. The van der Waals surface area contributed by atoms with Crippen LogP contribution in [0.5, 0.6) is 0 Å². The fourth-order valence-corrected chi connectivity index (χ4v) is 2.13. The number of aryl methyl sites for hydroxylation is 1. The molecule has 0 aliphatic carbocycles. The topological polar surface area (TPSA) is 68.3 Å². The van der Waals surface area contributed by atoms with Crippen molar-refractivity contribution in [2.24, 2.45) is 0 Å². The Balaban J connectivity index is 1.99. The molecule has 0 fully saturated rings. The van der Waals surface area contributed by atoms with Gasteiger partial charge in [0.15, 0.2) is 0 Å². The van der Waals surface area contributed by atoms with Crippen LogP contribution >= 0.6 is 0 Å². The van der Waals surface area contributed by atoms with Crippen LogP contribution in [-0.4, -0.2) is 11.0 Å². The number of benzene rings is 1. The Morgan fingerprint density at radius 1 is 1.35 bits per heavy atom. The predicted octanol–water partition coefficient (Wildman–Crippen LogP) is 3.93. The van der Waals surface area contributed by atoms with Crippen molar-refractivity contribution in [3.8, 4) is 0 Å². The quantitative estimate of drug-likeness (QED) is 0.640. The van der Waals surface area contributed by atoms with Gasteiger partial charge in [-0.2, -0.15) is 0 Å². The maximum absolute atomic E-state index is 10.9. The SMILES string of the molecule is Cc1c(NC(C)CCc2ccco2)cccc1[N+](=O)[O-]. The number of nitro benzene ring substituents is 1. The molecule has 1 N–H and O–H groups in total. The van der Waals surface area contributed by atoms with Gasteiger partial charge in [-0.1, -0.05) is 6.07 Å². The van der Waals surface area contributed by atoms with Gasteiger partial charge in [-0.05, 0) is 38.5 Å². The lowest BCUT2D eigenvalue weighted by Crippen LogP contribution is -2.16. The molecule has 0 bridgehead atoms. The molecule has 20 heavy (non-hydrogen) atoms. The van der Waals surface area contributed by atoms with Crippen LogP contribution < -0.4 is 5.32 Å². The molecular weight excluding hydrogens is 256 g/mol. The van der Waals surface area contributed by atoms with Crippen LogP contribution in [0.1, 0.15) is 24.7 Å². The molecule has 1 heterocycles. The highest BCUT2D eigenvalue weighted by molar-refractivity contribution is 5.60. The first-order valence-electron chi connectivity index (χ1n) is 6.61. The normalized spacial score (nSPS) is 12.1. The van der Waals surface area contributed by atoms with Gasteiger partial charge in [0.2, 0.25) is 0 Å². The molecule has 0 saturated carbocycles. The van der Waals surface area contributed by atoms with Gasteiger partial charge in [0, 0.05) is 29.8 Å². The van der Waals surface area contributed by atoms with Crippen molar-refractivity contribution in [3.05, 3.63) is 58.0 Å². The Bertz CT molecular complexity index is 579. The maximum atomic E-state index is 10.9. The number of hydrogen-bond acceptors (Lipinski definition) is 4. The Morgan fingerprint density at radius 2 is 2.15 bits per heavy atom. The molecule has 1 atom stereocenters. The summed E-state index contributed by atoms with van der Waals surface area (Å²) in [5.74, 6) is 0.953. The molecule has 0 saturated heterocycles. The van der Waals surface area contributed by atoms with Crippen LogP contribution in [0, 0.1) is 17.0 Å². The van der Waals surface area contributed by atoms with E-state index in [1.165, 1.54) is 6.07 Å². The van der Waals surface area contributed by atoms with E-state index in [1.54, 1.807) is 19.3 Å². The smallest absolute Gasteiger partial charge is 0.274 e. The zero-order chi connectivity index (χ0) is 14.5. The Morgan fingerprint density at radius 3 is 2.80 bits per heavy atom. The maximum Gasteiger partial charge on any atom is 0.274 e. The molecule has 0 aliphatic rings. The highest BCUT2D eigenvalue weighted by Crippen LogP contribution is 2.26. The van der Waals surface area contributed by atoms with E-state index in [0.29, 0.717) is 5.56 Å². The summed E-state index contributed by atoms with van der Waals surface area (Å²) in [4.78, 5) is 10.6. The summed E-state index contributed by atoms with van der Waals surface area (Å²) < 4.78 is 5.29. The number of nitrogens with one attached hydrogen (secondary N) is 1. The molecule has 0 spiro atoms. The number of hydrogen-bond donors (Lipinski definition) is 1. The summed E-state index contributed by atoms with van der Waals surface area (Å²) in [6, 6.07) is 9.12. The van der Waals surface area contributed by atoms with Crippen LogP contribution in [0.15, 0.2) is 41.0 Å². The van der Waals surface area contributed by atoms with Gasteiger partial charge in [0.1, 0.15) is 5.76 Å². The Labute approximate surface area is 117 Å². The lowest BCUT2D eigenvalue weighted by Gasteiger charge is -2.16. The van der Waals surface area contributed by atoms with E-state index in [0.717, 1.165) is 24.3 Å². The zero-order valence-electron chi connectivity index (χ0n) is 11.6. The first kappa shape index (κ1) is 14.1. The van der Waals surface area contributed by atoms with Crippen LogP contribution in [0.3, 0.4) is 0 Å². The highest BCUT2D eigenvalue weighted by Gasteiger charge is 2.14. The van der Waals surface area contributed by atoms with Gasteiger partial charge in [-0.25, -0.2) is 0 Å². The summed E-state index contributed by atoms with van der Waals surface area (Å²) in [6.45, 7) is 3.82. The van der Waals surface area contributed by atoms with Gasteiger partial charge in [0.05, 0.1) is 11.2 Å². The monoisotopic (exact) mass is 274 g/mol. The van der Waals surface area contributed by atoms with E-state index in [-0.39, 0.29) is 16.7 Å². The van der Waals surface area contributed by atoms with Crippen molar-refractivity contribution in [2.75, 3.05) is 5.32 Å². The number of furan rings is 1. The van der Waals surface area contributed by atoms with Crippen molar-refractivity contribution < 1.29 is 9.34 Å². The average Bonchev–Trinajstić information content (AvgIpc) is 2.91. The second-order valence-electron chi connectivity index (χ2n) is 4.87. The molecule has 0 aliphatic heterocycles. The standard InChI is InChI=1S/C15H18N2O3/c1-11(8-9-13-5-4-10-20-13)16-14-6-3-7-15(12(14)2)17(18)19/h3-7,10-11,16H,8-9H2,1-2H3. The van der Waals surface area contributed by atoms with Crippen LogP contribution in [0.2, 0.25) is 0 Å². The molecule has 106 valence electrons. The highest BCUT2D eigenvalue weighted by atomic mass is 16.6. The number of anilines is 1. The molecule has 1 aromatic heterocycles. The van der Waals surface area contributed by atoms with E-state index < -0.39 is 0 Å². The third-order valence-corrected chi connectivity index (χ3v) is 3.31. The number of nitro groups is 1. The number of nitrogens with zero attached hydrogens (tertiary/aromatic N) is 1. The van der Waals surface area contributed by atoms with Crippen molar-refractivity contribution in [3.63, 3.8) is 0 Å². The lowest BCUT2D eigenvalue weighted by atomic mass is 10.1. The van der Waals surface area contributed by atoms with E-state index in [2.05, 4.69) is 12.2 Å². The minimum atomic E-state index is -0.353. The summed E-state index contributed by atoms with van der Waals surface area (Å²) in [5, 5.41) is 14.2. The van der Waals surface area contributed by atoms with Crippen LogP contribution in [0.25, 0.3) is 0 Å². The first-order chi connectivity index (χ1) is 9.58. The molecular formula is C15H18N2O3. The summed E-state index contributed by atoms with van der Waals surface area (Å²) in [5.41, 5.74) is 1.63. The van der Waals surface area contributed by atoms with E-state index in [9.17, 15) is 10.1 Å². The minimum absolute atomic E-state index is 0.147. The van der Waals surface area contributed by atoms with Crippen molar-refractivity contribution in [1.29, 1.82) is 0 Å². The average molecular weight is 274 g/mol.